The number of hydrogen-bond acceptors (Lipinski definition) is 1. The molecule has 0 aromatic carbocycles. The molecule has 1 atom stereocenters. The molecule has 0 aromatic heterocycles. The average Bonchev–Trinajstić information content (AvgIpc) is 2.85. The Kier molecular flexibility index (Phi) is 9.40. The molecular weight excluding hydrogens is 206 g/mol. The van der Waals surface area contributed by atoms with E-state index in [1.54, 1.807) is 0 Å². The van der Waals surface area contributed by atoms with Gasteiger partial charge < -0.3 is 5.32 Å². The van der Waals surface area contributed by atoms with Crippen LogP contribution < -0.4 is 5.32 Å². The van der Waals surface area contributed by atoms with Gasteiger partial charge in [-0.2, -0.15) is 0 Å². The molecule has 1 aliphatic heterocycles. The first-order chi connectivity index (χ1) is 8.43. The van der Waals surface area contributed by atoms with Crippen molar-refractivity contribution in [1.29, 1.82) is 0 Å². The summed E-state index contributed by atoms with van der Waals surface area (Å²) in [7, 11) is 0. The predicted molar refractivity (Wildman–Crippen MR) is 77.4 cm³/mol. The normalized spacial score (nSPS) is 20.4. The fraction of sp³-hybridized carbons (Fsp3) is 0.875. The SMILES string of the molecule is CCCCCCC/C=C\CCCC1CCCN1. The minimum absolute atomic E-state index is 0.831. The Morgan fingerprint density at radius 1 is 1.00 bits per heavy atom. The first kappa shape index (κ1) is 14.8. The largest absolute Gasteiger partial charge is 0.314 e. The monoisotopic (exact) mass is 237 g/mol. The fourth-order valence-corrected chi connectivity index (χ4v) is 2.59. The van der Waals surface area contributed by atoms with Gasteiger partial charge in [0.2, 0.25) is 0 Å². The van der Waals surface area contributed by atoms with Crippen LogP contribution in [0.1, 0.15) is 77.6 Å². The summed E-state index contributed by atoms with van der Waals surface area (Å²) >= 11 is 0. The molecule has 1 N–H and O–H groups in total. The van der Waals surface area contributed by atoms with Crippen LogP contribution in [0.4, 0.5) is 0 Å². The highest BCUT2D eigenvalue weighted by molar-refractivity contribution is 4.82. The van der Waals surface area contributed by atoms with E-state index in [1.165, 1.54) is 77.2 Å². The van der Waals surface area contributed by atoms with Crippen LogP contribution >= 0.6 is 0 Å². The van der Waals surface area contributed by atoms with Crippen molar-refractivity contribution < 1.29 is 0 Å². The molecule has 0 amide bonds. The zero-order valence-electron chi connectivity index (χ0n) is 11.7. The molecule has 0 saturated carbocycles. The Morgan fingerprint density at radius 3 is 2.47 bits per heavy atom. The van der Waals surface area contributed by atoms with Gasteiger partial charge in [-0.25, -0.2) is 0 Å². The average molecular weight is 237 g/mol. The summed E-state index contributed by atoms with van der Waals surface area (Å²) in [4.78, 5) is 0. The molecule has 0 aromatic rings. The van der Waals surface area contributed by atoms with E-state index in [4.69, 9.17) is 0 Å². The van der Waals surface area contributed by atoms with Gasteiger partial charge in [0.05, 0.1) is 0 Å². The lowest BCUT2D eigenvalue weighted by molar-refractivity contribution is 0.539. The van der Waals surface area contributed by atoms with Gasteiger partial charge in [0.1, 0.15) is 0 Å². The van der Waals surface area contributed by atoms with Crippen molar-refractivity contribution >= 4 is 0 Å². The third-order valence-electron chi connectivity index (χ3n) is 3.73. The molecule has 0 spiro atoms. The van der Waals surface area contributed by atoms with E-state index in [9.17, 15) is 0 Å². The highest BCUT2D eigenvalue weighted by Gasteiger charge is 2.12. The summed E-state index contributed by atoms with van der Waals surface area (Å²) in [6.45, 7) is 3.53. The minimum atomic E-state index is 0.831. The summed E-state index contributed by atoms with van der Waals surface area (Å²) < 4.78 is 0. The van der Waals surface area contributed by atoms with E-state index in [0.717, 1.165) is 6.04 Å². The molecule has 1 heteroatoms. The molecule has 17 heavy (non-hydrogen) atoms. The summed E-state index contributed by atoms with van der Waals surface area (Å²) in [5.74, 6) is 0. The van der Waals surface area contributed by atoms with Crippen LogP contribution in [-0.2, 0) is 0 Å². The van der Waals surface area contributed by atoms with E-state index in [1.807, 2.05) is 0 Å². The number of rotatable bonds is 10. The van der Waals surface area contributed by atoms with Crippen molar-refractivity contribution in [3.8, 4) is 0 Å². The Bertz CT molecular complexity index is 180. The van der Waals surface area contributed by atoms with Crippen molar-refractivity contribution in [2.24, 2.45) is 0 Å². The van der Waals surface area contributed by atoms with Crippen LogP contribution in [0.5, 0.6) is 0 Å². The summed E-state index contributed by atoms with van der Waals surface area (Å²) in [6.07, 6.45) is 19.9. The first-order valence-corrected chi connectivity index (χ1v) is 7.82. The molecule has 1 rings (SSSR count). The zero-order chi connectivity index (χ0) is 12.2. The predicted octanol–water partition coefficient (Wildman–Crippen LogP) is 4.83. The molecule has 1 unspecified atom stereocenters. The van der Waals surface area contributed by atoms with Crippen LogP contribution in [0, 0.1) is 0 Å². The molecule has 0 radical (unpaired) electrons. The zero-order valence-corrected chi connectivity index (χ0v) is 11.7. The van der Waals surface area contributed by atoms with Crippen LogP contribution in [0.15, 0.2) is 12.2 Å². The third-order valence-corrected chi connectivity index (χ3v) is 3.73. The van der Waals surface area contributed by atoms with Crippen molar-refractivity contribution in [3.63, 3.8) is 0 Å². The van der Waals surface area contributed by atoms with Crippen molar-refractivity contribution in [2.45, 2.75) is 83.6 Å². The molecular formula is C16H31N. The molecule has 0 bridgehead atoms. The second kappa shape index (κ2) is 10.8. The van der Waals surface area contributed by atoms with Gasteiger partial charge in [0, 0.05) is 6.04 Å². The second-order valence-corrected chi connectivity index (χ2v) is 5.40. The van der Waals surface area contributed by atoms with Gasteiger partial charge in [-0.05, 0) is 51.5 Å². The first-order valence-electron chi connectivity index (χ1n) is 7.82. The van der Waals surface area contributed by atoms with E-state index in [-0.39, 0.29) is 0 Å². The van der Waals surface area contributed by atoms with Gasteiger partial charge in [-0.1, -0.05) is 44.8 Å². The van der Waals surface area contributed by atoms with Crippen LogP contribution in [0.2, 0.25) is 0 Å². The fourth-order valence-electron chi connectivity index (χ4n) is 2.59. The van der Waals surface area contributed by atoms with Gasteiger partial charge in [-0.15, -0.1) is 0 Å². The topological polar surface area (TPSA) is 12.0 Å². The molecule has 0 aliphatic carbocycles. The molecule has 1 fully saturated rings. The lowest BCUT2D eigenvalue weighted by Gasteiger charge is -2.07. The van der Waals surface area contributed by atoms with Crippen molar-refractivity contribution in [1.82, 2.24) is 5.32 Å². The lowest BCUT2D eigenvalue weighted by atomic mass is 10.1. The maximum absolute atomic E-state index is 3.56. The summed E-state index contributed by atoms with van der Waals surface area (Å²) in [6, 6.07) is 0.831. The lowest BCUT2D eigenvalue weighted by Crippen LogP contribution is -2.20. The second-order valence-electron chi connectivity index (χ2n) is 5.40. The van der Waals surface area contributed by atoms with Crippen LogP contribution in [0.25, 0.3) is 0 Å². The number of nitrogens with one attached hydrogen (secondary N) is 1. The maximum Gasteiger partial charge on any atom is 0.00676 e. The highest BCUT2D eigenvalue weighted by Crippen LogP contribution is 2.12. The van der Waals surface area contributed by atoms with Gasteiger partial charge >= 0.3 is 0 Å². The standard InChI is InChI=1S/C16H31N/c1-2-3-4-5-6-7-8-9-10-11-13-16-14-12-15-17-16/h8-9,16-17H,2-7,10-15H2,1H3/b9-8-. The summed E-state index contributed by atoms with van der Waals surface area (Å²) in [5, 5.41) is 3.56. The van der Waals surface area contributed by atoms with E-state index in [0.29, 0.717) is 0 Å². The molecule has 1 aliphatic rings. The highest BCUT2D eigenvalue weighted by atomic mass is 14.9. The van der Waals surface area contributed by atoms with Crippen molar-refractivity contribution in [3.05, 3.63) is 12.2 Å². The van der Waals surface area contributed by atoms with Crippen LogP contribution in [-0.4, -0.2) is 12.6 Å². The Balaban J connectivity index is 1.78. The molecule has 100 valence electrons. The number of hydrogen-bond donors (Lipinski definition) is 1. The number of unbranched alkanes of at least 4 members (excludes halogenated alkanes) is 6. The maximum atomic E-state index is 3.56. The van der Waals surface area contributed by atoms with Crippen LogP contribution in [0.3, 0.4) is 0 Å². The third kappa shape index (κ3) is 8.43. The number of allylic oxidation sites excluding steroid dienone is 2. The Morgan fingerprint density at radius 2 is 1.76 bits per heavy atom. The summed E-state index contributed by atoms with van der Waals surface area (Å²) in [5.41, 5.74) is 0. The van der Waals surface area contributed by atoms with Gasteiger partial charge in [0.15, 0.2) is 0 Å². The Hall–Kier alpha value is -0.300. The molecule has 1 saturated heterocycles. The van der Waals surface area contributed by atoms with E-state index >= 15 is 0 Å². The minimum Gasteiger partial charge on any atom is -0.314 e. The van der Waals surface area contributed by atoms with Crippen molar-refractivity contribution in [2.75, 3.05) is 6.54 Å². The molecule has 1 heterocycles. The smallest absolute Gasteiger partial charge is 0.00676 e. The van der Waals surface area contributed by atoms with E-state index in [2.05, 4.69) is 24.4 Å². The Labute approximate surface area is 108 Å². The van der Waals surface area contributed by atoms with Gasteiger partial charge in [-0.3, -0.25) is 0 Å². The quantitative estimate of drug-likeness (QED) is 0.424. The molecule has 1 nitrogen and oxygen atoms in total. The van der Waals surface area contributed by atoms with Gasteiger partial charge in [0.25, 0.3) is 0 Å². The van der Waals surface area contributed by atoms with E-state index < -0.39 is 0 Å².